The van der Waals surface area contributed by atoms with Gasteiger partial charge in [0.15, 0.2) is 0 Å². The summed E-state index contributed by atoms with van der Waals surface area (Å²) in [6.07, 6.45) is 7.28. The van der Waals surface area contributed by atoms with Crippen molar-refractivity contribution < 1.29 is 0 Å². The van der Waals surface area contributed by atoms with Crippen molar-refractivity contribution in [1.82, 2.24) is 5.32 Å². The molecule has 0 amide bonds. The van der Waals surface area contributed by atoms with Crippen molar-refractivity contribution in [1.29, 1.82) is 0 Å². The number of nitrogens with one attached hydrogen (secondary N) is 1. The monoisotopic (exact) mass is 325 g/mol. The van der Waals surface area contributed by atoms with Crippen LogP contribution in [0.4, 0.5) is 0 Å². The molecule has 4 bridgehead atoms. The summed E-state index contributed by atoms with van der Waals surface area (Å²) in [5, 5.41) is 3.62. The number of halogens is 1. The molecule has 0 radical (unpaired) electrons. The fourth-order valence-electron chi connectivity index (χ4n) is 5.40. The molecule has 5 rings (SSSR count). The fourth-order valence-corrected chi connectivity index (χ4v) is 7.00. The van der Waals surface area contributed by atoms with Gasteiger partial charge in [0.2, 0.25) is 0 Å². The summed E-state index contributed by atoms with van der Waals surface area (Å²) in [4.78, 5) is 1.66. The minimum Gasteiger partial charge on any atom is -0.316 e. The third-order valence-corrected chi connectivity index (χ3v) is 7.57. The molecule has 1 aromatic rings. The van der Waals surface area contributed by atoms with Crippen LogP contribution in [0.3, 0.4) is 0 Å². The van der Waals surface area contributed by atoms with E-state index < -0.39 is 0 Å². The molecule has 2 atom stereocenters. The molecule has 0 aliphatic heterocycles. The van der Waals surface area contributed by atoms with E-state index in [2.05, 4.69) is 40.4 Å². The van der Waals surface area contributed by atoms with E-state index >= 15 is 0 Å². The Balaban J connectivity index is 1.72. The lowest BCUT2D eigenvalue weighted by Crippen LogP contribution is -2.58. The van der Waals surface area contributed by atoms with Gasteiger partial charge in [-0.15, -0.1) is 11.3 Å². The Hall–Kier alpha value is 0.140. The summed E-state index contributed by atoms with van der Waals surface area (Å²) in [5.41, 5.74) is 0.542. The van der Waals surface area contributed by atoms with E-state index in [1.807, 2.05) is 11.3 Å². The summed E-state index contributed by atoms with van der Waals surface area (Å²) in [5.74, 6) is 2.87. The maximum Gasteiger partial charge on any atom is 0.0701 e. The van der Waals surface area contributed by atoms with Crippen LogP contribution in [-0.4, -0.2) is 13.1 Å². The molecule has 4 saturated carbocycles. The van der Waals surface area contributed by atoms with Gasteiger partial charge in [0, 0.05) is 16.3 Å². The van der Waals surface area contributed by atoms with Gasteiger partial charge in [-0.25, -0.2) is 0 Å². The molecule has 3 heteroatoms. The maximum atomic E-state index is 3.64. The second kappa shape index (κ2) is 4.07. The summed E-state index contributed by atoms with van der Waals surface area (Å²) in [6.45, 7) is 0. The molecule has 0 saturated heterocycles. The van der Waals surface area contributed by atoms with E-state index in [1.165, 1.54) is 35.9 Å². The van der Waals surface area contributed by atoms with E-state index in [-0.39, 0.29) is 0 Å². The van der Waals surface area contributed by atoms with Crippen LogP contribution in [0.1, 0.15) is 37.0 Å². The maximum absolute atomic E-state index is 3.64. The molecule has 0 aromatic carbocycles. The quantitative estimate of drug-likeness (QED) is 0.860. The Kier molecular flexibility index (Phi) is 2.69. The van der Waals surface area contributed by atoms with Crippen LogP contribution in [0.15, 0.2) is 15.9 Å². The highest BCUT2D eigenvalue weighted by Crippen LogP contribution is 2.61. The molecule has 98 valence electrons. The normalized spacial score (nSPS) is 45.7. The Labute approximate surface area is 121 Å². The van der Waals surface area contributed by atoms with Gasteiger partial charge in [-0.05, 0) is 85.0 Å². The number of thiophene rings is 1. The van der Waals surface area contributed by atoms with E-state index in [1.54, 1.807) is 4.88 Å². The van der Waals surface area contributed by atoms with Gasteiger partial charge in [0.05, 0.1) is 3.79 Å². The van der Waals surface area contributed by atoms with Crippen molar-refractivity contribution >= 4 is 27.3 Å². The molecule has 1 N–H and O–H groups in total. The van der Waals surface area contributed by atoms with Crippen molar-refractivity contribution in [2.24, 2.45) is 17.8 Å². The molecule has 4 aliphatic carbocycles. The highest BCUT2D eigenvalue weighted by molar-refractivity contribution is 9.11. The van der Waals surface area contributed by atoms with E-state index in [0.29, 0.717) is 5.41 Å². The summed E-state index contributed by atoms with van der Waals surface area (Å²) < 4.78 is 1.30. The first kappa shape index (κ1) is 11.9. The first-order valence-electron chi connectivity index (χ1n) is 7.13. The third kappa shape index (κ3) is 1.60. The first-order valence-corrected chi connectivity index (χ1v) is 8.74. The highest BCUT2D eigenvalue weighted by atomic mass is 79.9. The van der Waals surface area contributed by atoms with E-state index in [4.69, 9.17) is 0 Å². The molecular weight excluding hydrogens is 306 g/mol. The molecule has 1 heterocycles. The minimum atomic E-state index is 0.542. The Morgan fingerprint density at radius 3 is 2.50 bits per heavy atom. The van der Waals surface area contributed by atoms with E-state index in [0.717, 1.165) is 23.8 Å². The second-order valence-corrected chi connectivity index (χ2v) is 9.13. The minimum absolute atomic E-state index is 0.542. The van der Waals surface area contributed by atoms with E-state index in [9.17, 15) is 0 Å². The van der Waals surface area contributed by atoms with Crippen molar-refractivity contribution in [3.63, 3.8) is 0 Å². The van der Waals surface area contributed by atoms with Gasteiger partial charge < -0.3 is 5.32 Å². The second-order valence-electron chi connectivity index (χ2n) is 6.67. The molecular formula is C15H20BrNS. The lowest BCUT2D eigenvalue weighted by molar-refractivity contribution is -0.0311. The molecule has 4 fully saturated rings. The molecule has 1 aromatic heterocycles. The van der Waals surface area contributed by atoms with Crippen LogP contribution < -0.4 is 5.32 Å². The van der Waals surface area contributed by atoms with Crippen LogP contribution in [0.25, 0.3) is 0 Å². The predicted octanol–water partition coefficient (Wildman–Crippen LogP) is 4.18. The molecule has 18 heavy (non-hydrogen) atoms. The number of hydrogen-bond donors (Lipinski definition) is 1. The number of rotatable bonds is 2. The topological polar surface area (TPSA) is 12.0 Å². The van der Waals surface area contributed by atoms with Crippen molar-refractivity contribution in [3.8, 4) is 0 Å². The van der Waals surface area contributed by atoms with Crippen molar-refractivity contribution in [2.45, 2.75) is 43.6 Å². The van der Waals surface area contributed by atoms with Crippen LogP contribution in [-0.2, 0) is 5.41 Å². The standard InChI is InChI=1S/C15H20BrNS/c1-17-14-10-4-9-5-11(14)8-15(6-9,7-10)12-2-3-13(16)18-12/h2-3,9-11,14,17H,4-8H2,1H3. The number of hydrogen-bond acceptors (Lipinski definition) is 2. The lowest BCUT2D eigenvalue weighted by Gasteiger charge is -2.60. The highest BCUT2D eigenvalue weighted by Gasteiger charge is 2.55. The van der Waals surface area contributed by atoms with Crippen molar-refractivity contribution in [2.75, 3.05) is 7.05 Å². The van der Waals surface area contributed by atoms with Crippen molar-refractivity contribution in [3.05, 3.63) is 20.8 Å². The largest absolute Gasteiger partial charge is 0.316 e. The van der Waals surface area contributed by atoms with Crippen LogP contribution in [0.5, 0.6) is 0 Å². The van der Waals surface area contributed by atoms with Gasteiger partial charge >= 0.3 is 0 Å². The SMILES string of the molecule is CNC1C2CC3CC1CC(c1ccc(Br)s1)(C3)C2. The summed E-state index contributed by atoms with van der Waals surface area (Å²) >= 11 is 5.62. The zero-order chi connectivity index (χ0) is 12.3. The van der Waals surface area contributed by atoms with Gasteiger partial charge in [-0.2, -0.15) is 0 Å². The fraction of sp³-hybridized carbons (Fsp3) is 0.733. The first-order chi connectivity index (χ1) is 8.70. The Morgan fingerprint density at radius 2 is 1.94 bits per heavy atom. The Bertz CT molecular complexity index is 453. The molecule has 2 unspecified atom stereocenters. The molecule has 4 aliphatic rings. The smallest absolute Gasteiger partial charge is 0.0701 e. The van der Waals surface area contributed by atoms with Gasteiger partial charge in [-0.1, -0.05) is 0 Å². The van der Waals surface area contributed by atoms with Gasteiger partial charge in [-0.3, -0.25) is 0 Å². The van der Waals surface area contributed by atoms with Gasteiger partial charge in [0.1, 0.15) is 0 Å². The molecule has 0 spiro atoms. The summed E-state index contributed by atoms with van der Waals surface area (Å²) in [6, 6.07) is 5.43. The lowest BCUT2D eigenvalue weighted by atomic mass is 9.47. The average Bonchev–Trinajstić information content (AvgIpc) is 2.76. The zero-order valence-corrected chi connectivity index (χ0v) is 13.2. The van der Waals surface area contributed by atoms with Crippen LogP contribution in [0, 0.1) is 17.8 Å². The van der Waals surface area contributed by atoms with Gasteiger partial charge in [0.25, 0.3) is 0 Å². The third-order valence-electron chi connectivity index (χ3n) is 5.70. The summed E-state index contributed by atoms with van der Waals surface area (Å²) in [7, 11) is 2.17. The van der Waals surface area contributed by atoms with Crippen LogP contribution in [0.2, 0.25) is 0 Å². The Morgan fingerprint density at radius 1 is 1.22 bits per heavy atom. The van der Waals surface area contributed by atoms with Crippen LogP contribution >= 0.6 is 27.3 Å². The zero-order valence-electron chi connectivity index (χ0n) is 10.8. The predicted molar refractivity (Wildman–Crippen MR) is 80.1 cm³/mol. The molecule has 1 nitrogen and oxygen atoms in total. The average molecular weight is 326 g/mol.